The molecule has 2 aromatic rings. The zero-order valence-corrected chi connectivity index (χ0v) is 14.5. The number of carbonyl (C=O) groups excluding carboxylic acids is 1. The van der Waals surface area contributed by atoms with Crippen LogP contribution in [0.15, 0.2) is 30.5 Å². The van der Waals surface area contributed by atoms with Crippen molar-refractivity contribution in [2.24, 2.45) is 5.92 Å². The van der Waals surface area contributed by atoms with Crippen molar-refractivity contribution in [1.29, 1.82) is 0 Å². The van der Waals surface area contributed by atoms with Gasteiger partial charge in [0.15, 0.2) is 5.13 Å². The summed E-state index contributed by atoms with van der Waals surface area (Å²) in [5.41, 5.74) is 2.31. The van der Waals surface area contributed by atoms with Gasteiger partial charge in [0, 0.05) is 12.7 Å². The van der Waals surface area contributed by atoms with E-state index in [1.54, 1.807) is 13.1 Å². The lowest BCUT2D eigenvalue weighted by atomic mass is 10.1. The summed E-state index contributed by atoms with van der Waals surface area (Å²) in [6.45, 7) is 6.32. The summed E-state index contributed by atoms with van der Waals surface area (Å²) in [7, 11) is 0. The van der Waals surface area contributed by atoms with E-state index in [-0.39, 0.29) is 18.1 Å². The molecular formula is C17H23N3O2S. The summed E-state index contributed by atoms with van der Waals surface area (Å²) in [4.78, 5) is 17.2. The first-order chi connectivity index (χ1) is 11.0. The number of thiazole rings is 1. The number of hydrogen-bond acceptors (Lipinski definition) is 4. The van der Waals surface area contributed by atoms with Gasteiger partial charge in [0.1, 0.15) is 0 Å². The van der Waals surface area contributed by atoms with Gasteiger partial charge in [-0.2, -0.15) is 0 Å². The highest BCUT2D eigenvalue weighted by atomic mass is 32.1. The van der Waals surface area contributed by atoms with Crippen molar-refractivity contribution in [3.8, 4) is 10.4 Å². The molecular weight excluding hydrogens is 310 g/mol. The van der Waals surface area contributed by atoms with Crippen molar-refractivity contribution < 1.29 is 9.90 Å². The lowest BCUT2D eigenvalue weighted by Gasteiger charge is -2.14. The molecule has 2 atom stereocenters. The van der Waals surface area contributed by atoms with Crippen LogP contribution >= 0.6 is 11.3 Å². The van der Waals surface area contributed by atoms with Crippen molar-refractivity contribution in [2.45, 2.75) is 33.3 Å². The molecule has 0 aliphatic rings. The number of anilines is 1. The van der Waals surface area contributed by atoms with Gasteiger partial charge in [-0.1, -0.05) is 42.5 Å². The second-order valence-corrected chi connectivity index (χ2v) is 6.90. The van der Waals surface area contributed by atoms with E-state index >= 15 is 0 Å². The van der Waals surface area contributed by atoms with E-state index < -0.39 is 0 Å². The van der Waals surface area contributed by atoms with Crippen molar-refractivity contribution in [1.82, 2.24) is 10.3 Å². The van der Waals surface area contributed by atoms with Crippen molar-refractivity contribution in [2.75, 3.05) is 11.9 Å². The van der Waals surface area contributed by atoms with Gasteiger partial charge in [0.2, 0.25) is 0 Å². The topological polar surface area (TPSA) is 74.2 Å². The zero-order valence-electron chi connectivity index (χ0n) is 13.7. The van der Waals surface area contributed by atoms with Crippen LogP contribution in [0.25, 0.3) is 10.4 Å². The number of urea groups is 1. The monoisotopic (exact) mass is 333 g/mol. The van der Waals surface area contributed by atoms with E-state index in [0.29, 0.717) is 18.1 Å². The molecule has 0 saturated carbocycles. The Bertz CT molecular complexity index is 655. The minimum Gasteiger partial charge on any atom is -0.393 e. The third kappa shape index (κ3) is 5.33. The van der Waals surface area contributed by atoms with Gasteiger partial charge in [0.25, 0.3) is 0 Å². The van der Waals surface area contributed by atoms with Crippen LogP contribution in [0.2, 0.25) is 0 Å². The molecule has 0 spiro atoms. The number of aliphatic hydroxyl groups is 1. The smallest absolute Gasteiger partial charge is 0.321 e. The summed E-state index contributed by atoms with van der Waals surface area (Å²) in [6.07, 6.45) is 2.08. The number of rotatable bonds is 6. The number of hydrogen-bond donors (Lipinski definition) is 3. The van der Waals surface area contributed by atoms with Crippen LogP contribution < -0.4 is 10.6 Å². The number of benzene rings is 1. The number of aliphatic hydroxyl groups excluding tert-OH is 1. The number of aromatic nitrogens is 1. The maximum absolute atomic E-state index is 11.9. The molecule has 0 saturated heterocycles. The highest BCUT2D eigenvalue weighted by Gasteiger charge is 2.11. The minimum atomic E-state index is -0.356. The van der Waals surface area contributed by atoms with Gasteiger partial charge in [-0.15, -0.1) is 0 Å². The standard InChI is InChI=1S/C17H23N3O2S/c1-11(8-13(3)21)9-18-16(22)20-17-19-10-15(23-17)14-7-5-4-6-12(14)2/h4-7,10-11,13,21H,8-9H2,1-3H3,(H2,18,19,20,22). The molecule has 0 aliphatic heterocycles. The molecule has 0 aliphatic carbocycles. The number of nitrogens with one attached hydrogen (secondary N) is 2. The Labute approximate surface area is 140 Å². The van der Waals surface area contributed by atoms with E-state index in [0.717, 1.165) is 10.4 Å². The first-order valence-electron chi connectivity index (χ1n) is 7.70. The molecule has 124 valence electrons. The summed E-state index contributed by atoms with van der Waals surface area (Å²) in [5, 5.41) is 15.5. The van der Waals surface area contributed by atoms with Gasteiger partial charge in [0.05, 0.1) is 11.0 Å². The largest absolute Gasteiger partial charge is 0.393 e. The summed E-state index contributed by atoms with van der Waals surface area (Å²) in [5.74, 6) is 0.222. The van der Waals surface area contributed by atoms with Crippen molar-refractivity contribution >= 4 is 22.5 Å². The number of aryl methyl sites for hydroxylation is 1. The second kappa shape index (κ2) is 8.08. The molecule has 5 nitrogen and oxygen atoms in total. The molecule has 23 heavy (non-hydrogen) atoms. The predicted molar refractivity (Wildman–Crippen MR) is 94.8 cm³/mol. The van der Waals surface area contributed by atoms with Gasteiger partial charge in [-0.05, 0) is 37.3 Å². The van der Waals surface area contributed by atoms with Gasteiger partial charge in [-0.25, -0.2) is 9.78 Å². The molecule has 1 heterocycles. The highest BCUT2D eigenvalue weighted by Crippen LogP contribution is 2.30. The summed E-state index contributed by atoms with van der Waals surface area (Å²) in [6, 6.07) is 7.82. The van der Waals surface area contributed by atoms with Crippen molar-refractivity contribution in [3.05, 3.63) is 36.0 Å². The average molecular weight is 333 g/mol. The lowest BCUT2D eigenvalue weighted by molar-refractivity contribution is 0.163. The normalized spacial score (nSPS) is 13.4. The van der Waals surface area contributed by atoms with Crippen molar-refractivity contribution in [3.63, 3.8) is 0 Å². The van der Waals surface area contributed by atoms with Crippen LogP contribution in [-0.2, 0) is 0 Å². The Hall–Kier alpha value is -1.92. The maximum atomic E-state index is 11.9. The molecule has 2 amide bonds. The Morgan fingerprint density at radius 1 is 1.35 bits per heavy atom. The maximum Gasteiger partial charge on any atom is 0.321 e. The summed E-state index contributed by atoms with van der Waals surface area (Å²) < 4.78 is 0. The Balaban J connectivity index is 1.89. The Kier molecular flexibility index (Phi) is 6.12. The van der Waals surface area contributed by atoms with E-state index in [9.17, 15) is 9.90 Å². The van der Waals surface area contributed by atoms with Crippen LogP contribution in [0.5, 0.6) is 0 Å². The highest BCUT2D eigenvalue weighted by molar-refractivity contribution is 7.19. The summed E-state index contributed by atoms with van der Waals surface area (Å²) >= 11 is 1.45. The SMILES string of the molecule is Cc1ccccc1-c1cnc(NC(=O)NCC(C)CC(C)O)s1. The zero-order chi connectivity index (χ0) is 16.8. The van der Waals surface area contributed by atoms with Gasteiger partial charge >= 0.3 is 6.03 Å². The predicted octanol–water partition coefficient (Wildman–Crippen LogP) is 3.65. The quantitative estimate of drug-likeness (QED) is 0.755. The molecule has 1 aromatic heterocycles. The van der Waals surface area contributed by atoms with Crippen LogP contribution in [0.1, 0.15) is 25.8 Å². The first kappa shape index (κ1) is 17.4. The molecule has 3 N–H and O–H groups in total. The number of amides is 2. The van der Waals surface area contributed by atoms with E-state index in [1.807, 2.05) is 25.1 Å². The fourth-order valence-electron chi connectivity index (χ4n) is 2.38. The van der Waals surface area contributed by atoms with Crippen LogP contribution in [0.4, 0.5) is 9.93 Å². The third-order valence-corrected chi connectivity index (χ3v) is 4.44. The van der Waals surface area contributed by atoms with E-state index in [4.69, 9.17) is 0 Å². The molecule has 0 fully saturated rings. The molecule has 6 heteroatoms. The molecule has 1 aromatic carbocycles. The van der Waals surface area contributed by atoms with Gasteiger partial charge < -0.3 is 10.4 Å². The average Bonchev–Trinajstić information content (AvgIpc) is 2.93. The minimum absolute atomic E-state index is 0.222. The first-order valence-corrected chi connectivity index (χ1v) is 8.52. The van der Waals surface area contributed by atoms with E-state index in [2.05, 4.69) is 28.6 Å². The fourth-order valence-corrected chi connectivity index (χ4v) is 3.28. The molecule has 2 rings (SSSR count). The third-order valence-electron chi connectivity index (χ3n) is 3.49. The number of nitrogens with zero attached hydrogens (tertiary/aromatic N) is 1. The molecule has 0 bridgehead atoms. The molecule has 0 radical (unpaired) electrons. The molecule has 2 unspecified atom stereocenters. The number of carbonyl (C=O) groups is 1. The van der Waals surface area contributed by atoms with Crippen LogP contribution in [0, 0.1) is 12.8 Å². The lowest BCUT2D eigenvalue weighted by Crippen LogP contribution is -2.33. The Morgan fingerprint density at radius 3 is 2.78 bits per heavy atom. The Morgan fingerprint density at radius 2 is 2.09 bits per heavy atom. The fraction of sp³-hybridized carbons (Fsp3) is 0.412. The van der Waals surface area contributed by atoms with E-state index in [1.165, 1.54) is 16.9 Å². The van der Waals surface area contributed by atoms with Crippen LogP contribution in [0.3, 0.4) is 0 Å². The second-order valence-electron chi connectivity index (χ2n) is 5.87. The van der Waals surface area contributed by atoms with Gasteiger partial charge in [-0.3, -0.25) is 5.32 Å². The van der Waals surface area contributed by atoms with Crippen LogP contribution in [-0.4, -0.2) is 28.8 Å².